The van der Waals surface area contributed by atoms with E-state index >= 15 is 0 Å². The molecule has 0 aliphatic rings. The monoisotopic (exact) mass is 474 g/mol. The number of Topliss-reactive ketones (excluding diaryl/α,β-unsaturated/α-hetero) is 1. The van der Waals surface area contributed by atoms with Crippen molar-refractivity contribution < 1.29 is 4.79 Å². The van der Waals surface area contributed by atoms with Crippen molar-refractivity contribution in [3.63, 3.8) is 0 Å². The molecule has 4 aromatic rings. The summed E-state index contributed by atoms with van der Waals surface area (Å²) in [5.74, 6) is 0.146. The fourth-order valence-electron chi connectivity index (χ4n) is 4.54. The van der Waals surface area contributed by atoms with Gasteiger partial charge in [0, 0.05) is 0 Å². The van der Waals surface area contributed by atoms with Crippen LogP contribution in [0.15, 0.2) is 121 Å². The zero-order chi connectivity index (χ0) is 21.1. The molecule has 0 N–H and O–H groups in total. The number of hydrogen-bond acceptors (Lipinski definition) is 1. The van der Waals surface area contributed by atoms with Crippen LogP contribution < -0.4 is 15.9 Å². The predicted octanol–water partition coefficient (Wildman–Crippen LogP) is 6.16. The van der Waals surface area contributed by atoms with Gasteiger partial charge >= 0.3 is 187 Å². The minimum atomic E-state index is -3.42. The summed E-state index contributed by atoms with van der Waals surface area (Å²) in [6.45, 7) is 1.72. The normalized spacial score (nSPS) is 13.7. The van der Waals surface area contributed by atoms with Crippen LogP contribution in [0.5, 0.6) is 0 Å². The van der Waals surface area contributed by atoms with Gasteiger partial charge in [0.05, 0.1) is 0 Å². The Hall–Kier alpha value is -2.54. The Morgan fingerprint density at radius 2 is 0.900 bits per heavy atom. The maximum atomic E-state index is 13.5. The number of ketones is 1. The quantitative estimate of drug-likeness (QED) is 0.306. The van der Waals surface area contributed by atoms with Gasteiger partial charge in [0.1, 0.15) is 0 Å². The van der Waals surface area contributed by atoms with Crippen LogP contribution in [0.1, 0.15) is 18.1 Å². The van der Waals surface area contributed by atoms with E-state index < -0.39 is 5.31 Å². The fraction of sp³-hybridized carbons (Fsp3) is 0.0741. The summed E-state index contributed by atoms with van der Waals surface area (Å²) in [5, 5.41) is 0.0102. The van der Waals surface area contributed by atoms with E-state index in [1.54, 1.807) is 6.92 Å². The molecule has 0 aliphatic heterocycles. The molecule has 30 heavy (non-hydrogen) atoms. The third kappa shape index (κ3) is 3.16. The van der Waals surface area contributed by atoms with Gasteiger partial charge in [-0.05, 0) is 0 Å². The molecule has 150 valence electrons. The molecule has 0 heterocycles. The van der Waals surface area contributed by atoms with E-state index in [9.17, 15) is 4.79 Å². The van der Waals surface area contributed by atoms with Gasteiger partial charge in [0.25, 0.3) is 0 Å². The SMILES string of the molecule is CC(=O)C(c1ccccc1)P(Br)(c1ccccc1)(c1ccccc1)c1ccccc1. The van der Waals surface area contributed by atoms with Crippen LogP contribution in [0.25, 0.3) is 0 Å². The van der Waals surface area contributed by atoms with Crippen LogP contribution in [0.2, 0.25) is 0 Å². The average Bonchev–Trinajstić information content (AvgIpc) is 2.81. The Kier molecular flexibility index (Phi) is 5.73. The first-order valence-corrected chi connectivity index (χ1v) is 14.3. The fourth-order valence-corrected chi connectivity index (χ4v) is 13.7. The van der Waals surface area contributed by atoms with Crippen LogP contribution in [-0.2, 0) is 4.79 Å². The molecule has 4 aromatic carbocycles. The molecular weight excluding hydrogens is 451 g/mol. The van der Waals surface area contributed by atoms with E-state index in [-0.39, 0.29) is 11.4 Å². The van der Waals surface area contributed by atoms with E-state index in [4.69, 9.17) is 0 Å². The van der Waals surface area contributed by atoms with Gasteiger partial charge in [0.2, 0.25) is 0 Å². The van der Waals surface area contributed by atoms with Crippen LogP contribution in [0, 0.1) is 0 Å². The van der Waals surface area contributed by atoms with Gasteiger partial charge < -0.3 is 0 Å². The Morgan fingerprint density at radius 1 is 0.600 bits per heavy atom. The van der Waals surface area contributed by atoms with Crippen molar-refractivity contribution in [2.75, 3.05) is 0 Å². The zero-order valence-corrected chi connectivity index (χ0v) is 19.3. The number of benzene rings is 4. The summed E-state index contributed by atoms with van der Waals surface area (Å²) in [5.41, 5.74) is 0.667. The molecule has 0 aliphatic carbocycles. The Balaban J connectivity index is 2.24. The second kappa shape index (κ2) is 8.30. The van der Waals surface area contributed by atoms with Crippen molar-refractivity contribution in [1.82, 2.24) is 0 Å². The first kappa shape index (κ1) is 20.7. The zero-order valence-electron chi connectivity index (χ0n) is 16.9. The number of halogens is 1. The van der Waals surface area contributed by atoms with Gasteiger partial charge in [0.15, 0.2) is 0 Å². The number of hydrogen-bond donors (Lipinski definition) is 0. The van der Waals surface area contributed by atoms with Crippen LogP contribution in [0.3, 0.4) is 0 Å². The topological polar surface area (TPSA) is 17.1 Å². The molecule has 0 saturated carbocycles. The Bertz CT molecular complexity index is 1030. The number of carbonyl (C=O) groups excluding carboxylic acids is 1. The molecule has 0 amide bonds. The molecule has 0 aromatic heterocycles. The van der Waals surface area contributed by atoms with Crippen molar-refractivity contribution in [3.05, 3.63) is 127 Å². The summed E-state index contributed by atoms with van der Waals surface area (Å²) < 4.78 is 0. The molecule has 1 atom stereocenters. The molecule has 1 unspecified atom stereocenters. The van der Waals surface area contributed by atoms with E-state index in [0.717, 1.165) is 21.5 Å². The van der Waals surface area contributed by atoms with E-state index in [2.05, 4.69) is 100 Å². The molecule has 1 nitrogen and oxygen atoms in total. The summed E-state index contributed by atoms with van der Waals surface area (Å²) in [7, 11) is 0. The van der Waals surface area contributed by atoms with Crippen molar-refractivity contribution >= 4 is 42.5 Å². The average molecular weight is 475 g/mol. The summed E-state index contributed by atoms with van der Waals surface area (Å²) in [6, 6.07) is 41.6. The molecular formula is C27H24BrOP. The van der Waals surface area contributed by atoms with Crippen molar-refractivity contribution in [3.8, 4) is 0 Å². The molecule has 0 radical (unpaired) electrons. The maximum absolute atomic E-state index is 13.5. The van der Waals surface area contributed by atoms with Crippen LogP contribution in [0.4, 0.5) is 0 Å². The molecule has 3 heteroatoms. The Labute approximate surface area is 186 Å². The third-order valence-electron chi connectivity index (χ3n) is 5.77. The molecule has 0 fully saturated rings. The first-order valence-electron chi connectivity index (χ1n) is 10.0. The molecule has 0 saturated heterocycles. The summed E-state index contributed by atoms with van der Waals surface area (Å²) in [6.07, 6.45) is 0. The van der Waals surface area contributed by atoms with E-state index in [1.165, 1.54) is 0 Å². The first-order chi connectivity index (χ1) is 14.6. The van der Waals surface area contributed by atoms with Gasteiger partial charge in [-0.15, -0.1) is 0 Å². The van der Waals surface area contributed by atoms with Gasteiger partial charge in [-0.3, -0.25) is 0 Å². The van der Waals surface area contributed by atoms with Crippen LogP contribution in [-0.4, -0.2) is 5.78 Å². The minimum absolute atomic E-state index is 0.146. The second-order valence-electron chi connectivity index (χ2n) is 7.50. The third-order valence-corrected chi connectivity index (χ3v) is 16.2. The van der Waals surface area contributed by atoms with Crippen molar-refractivity contribution in [2.24, 2.45) is 0 Å². The number of carbonyl (C=O) groups is 1. The van der Waals surface area contributed by atoms with E-state index in [1.807, 2.05) is 36.4 Å². The molecule has 0 bridgehead atoms. The van der Waals surface area contributed by atoms with Crippen molar-refractivity contribution in [1.29, 1.82) is 0 Å². The van der Waals surface area contributed by atoms with Gasteiger partial charge in [-0.1, -0.05) is 0 Å². The standard InChI is InChI=1S/C27H24BrOP/c1-22(29)27(23-14-6-2-7-15-23)30(28,24-16-8-3-9-17-24,25-18-10-4-11-19-25)26-20-12-5-13-21-26/h2-21,27H,1H3. The summed E-state index contributed by atoms with van der Waals surface area (Å²) in [4.78, 5) is 13.5. The van der Waals surface area contributed by atoms with Crippen molar-refractivity contribution in [2.45, 2.75) is 12.6 Å². The Morgan fingerprint density at radius 3 is 1.20 bits per heavy atom. The van der Waals surface area contributed by atoms with Gasteiger partial charge in [-0.25, -0.2) is 0 Å². The molecule has 0 spiro atoms. The van der Waals surface area contributed by atoms with E-state index in [0.29, 0.717) is 0 Å². The summed E-state index contributed by atoms with van der Waals surface area (Å²) >= 11 is 4.43. The predicted molar refractivity (Wildman–Crippen MR) is 134 cm³/mol. The van der Waals surface area contributed by atoms with Gasteiger partial charge in [-0.2, -0.15) is 0 Å². The molecule has 4 rings (SSSR count). The second-order valence-corrected chi connectivity index (χ2v) is 16.1. The number of rotatable bonds is 6. The van der Waals surface area contributed by atoms with Crippen LogP contribution >= 0.6 is 20.8 Å².